The normalized spacial score (nSPS) is 19.4. The summed E-state index contributed by atoms with van der Waals surface area (Å²) in [6.45, 7) is 0. The van der Waals surface area contributed by atoms with Crippen LogP contribution in [0.1, 0.15) is 12.8 Å². The number of hydrogen-bond donors (Lipinski definition) is 1. The molecule has 0 spiro atoms. The Bertz CT molecular complexity index is 666. The standard InChI is InChI=1S/C11H19N3O4S4/c1-14(11-12-4-6-20-11)22(17,18)8-2-7-21(15,16)13-10-3-5-19-9-10/h4,6,10,13H,2-3,5,7-9H2,1H3. The molecule has 22 heavy (non-hydrogen) atoms. The van der Waals surface area contributed by atoms with Gasteiger partial charge in [0.25, 0.3) is 0 Å². The lowest BCUT2D eigenvalue weighted by atomic mass is 10.3. The second kappa shape index (κ2) is 7.47. The van der Waals surface area contributed by atoms with E-state index in [1.54, 1.807) is 17.1 Å². The smallest absolute Gasteiger partial charge is 0.236 e. The summed E-state index contributed by atoms with van der Waals surface area (Å²) in [6.07, 6.45) is 2.42. The van der Waals surface area contributed by atoms with E-state index in [2.05, 4.69) is 9.71 Å². The van der Waals surface area contributed by atoms with Crippen LogP contribution in [0.2, 0.25) is 0 Å². The molecule has 0 amide bonds. The summed E-state index contributed by atoms with van der Waals surface area (Å²) < 4.78 is 51.9. The molecule has 0 saturated carbocycles. The highest BCUT2D eigenvalue weighted by Crippen LogP contribution is 2.20. The van der Waals surface area contributed by atoms with Gasteiger partial charge < -0.3 is 0 Å². The molecule has 1 atom stereocenters. The van der Waals surface area contributed by atoms with E-state index in [1.165, 1.54) is 24.6 Å². The Kier molecular flexibility index (Phi) is 6.11. The summed E-state index contributed by atoms with van der Waals surface area (Å²) in [5.41, 5.74) is 0. The van der Waals surface area contributed by atoms with Gasteiger partial charge in [0.1, 0.15) is 0 Å². The van der Waals surface area contributed by atoms with Gasteiger partial charge in [-0.25, -0.2) is 30.8 Å². The average Bonchev–Trinajstić information content (AvgIpc) is 3.09. The molecule has 1 aliphatic rings. The minimum atomic E-state index is -3.55. The predicted molar refractivity (Wildman–Crippen MR) is 91.6 cm³/mol. The largest absolute Gasteiger partial charge is 0.248 e. The molecule has 2 heterocycles. The molecule has 0 aromatic carbocycles. The number of rotatable bonds is 8. The molecule has 0 aliphatic carbocycles. The van der Waals surface area contributed by atoms with Gasteiger partial charge in [0.2, 0.25) is 20.0 Å². The second-order valence-electron chi connectivity index (χ2n) is 4.95. The maximum atomic E-state index is 12.1. The minimum Gasteiger partial charge on any atom is -0.248 e. The molecule has 11 heteroatoms. The first-order chi connectivity index (χ1) is 10.3. The van der Waals surface area contributed by atoms with Crippen LogP contribution in [-0.4, -0.2) is 57.9 Å². The number of thiazole rings is 1. The molecular weight excluding hydrogens is 366 g/mol. The van der Waals surface area contributed by atoms with Crippen molar-refractivity contribution in [1.29, 1.82) is 0 Å². The van der Waals surface area contributed by atoms with E-state index in [1.807, 2.05) is 0 Å². The van der Waals surface area contributed by atoms with E-state index < -0.39 is 20.0 Å². The third-order valence-corrected chi connectivity index (χ3v) is 8.65. The number of aromatic nitrogens is 1. The van der Waals surface area contributed by atoms with Gasteiger partial charge in [0, 0.05) is 30.4 Å². The van der Waals surface area contributed by atoms with Crippen LogP contribution in [-0.2, 0) is 20.0 Å². The quantitative estimate of drug-likeness (QED) is 0.708. The zero-order valence-electron chi connectivity index (χ0n) is 12.1. The van der Waals surface area contributed by atoms with Crippen molar-refractivity contribution in [3.63, 3.8) is 0 Å². The van der Waals surface area contributed by atoms with Crippen molar-refractivity contribution in [3.8, 4) is 0 Å². The van der Waals surface area contributed by atoms with Crippen molar-refractivity contribution in [2.45, 2.75) is 18.9 Å². The predicted octanol–water partition coefficient (Wildman–Crippen LogP) is 0.724. The Balaban J connectivity index is 1.84. The van der Waals surface area contributed by atoms with Crippen LogP contribution in [0.15, 0.2) is 11.6 Å². The Hall–Kier alpha value is -0.360. The van der Waals surface area contributed by atoms with Crippen LogP contribution in [0.25, 0.3) is 0 Å². The topological polar surface area (TPSA) is 96.4 Å². The second-order valence-corrected chi connectivity index (χ2v) is 11.0. The molecule has 1 N–H and O–H groups in total. The molecule has 126 valence electrons. The highest BCUT2D eigenvalue weighted by Gasteiger charge is 2.24. The fourth-order valence-corrected chi connectivity index (χ4v) is 6.84. The lowest BCUT2D eigenvalue weighted by Crippen LogP contribution is -2.37. The fraction of sp³-hybridized carbons (Fsp3) is 0.727. The number of anilines is 1. The van der Waals surface area contributed by atoms with Crippen molar-refractivity contribution in [2.75, 3.05) is 34.4 Å². The third kappa shape index (κ3) is 5.08. The van der Waals surface area contributed by atoms with Crippen LogP contribution in [0, 0.1) is 0 Å². The molecular formula is C11H19N3O4S4. The Labute approximate surface area is 139 Å². The molecule has 1 aliphatic heterocycles. The summed E-state index contributed by atoms with van der Waals surface area (Å²) in [5, 5.41) is 2.07. The Morgan fingerprint density at radius 3 is 2.73 bits per heavy atom. The molecule has 1 saturated heterocycles. The average molecular weight is 386 g/mol. The van der Waals surface area contributed by atoms with Crippen molar-refractivity contribution in [3.05, 3.63) is 11.6 Å². The molecule has 7 nitrogen and oxygen atoms in total. The summed E-state index contributed by atoms with van der Waals surface area (Å²) in [4.78, 5) is 3.94. The highest BCUT2D eigenvalue weighted by molar-refractivity contribution is 7.99. The first-order valence-corrected chi connectivity index (χ1v) is 12.0. The lowest BCUT2D eigenvalue weighted by Gasteiger charge is -2.16. The highest BCUT2D eigenvalue weighted by atomic mass is 32.2. The van der Waals surface area contributed by atoms with Gasteiger partial charge in [0.15, 0.2) is 5.13 Å². The van der Waals surface area contributed by atoms with Gasteiger partial charge in [-0.1, -0.05) is 0 Å². The van der Waals surface area contributed by atoms with Crippen LogP contribution < -0.4 is 9.03 Å². The van der Waals surface area contributed by atoms with Gasteiger partial charge in [-0.3, -0.25) is 0 Å². The van der Waals surface area contributed by atoms with Crippen molar-refractivity contribution < 1.29 is 16.8 Å². The van der Waals surface area contributed by atoms with Crippen LogP contribution >= 0.6 is 23.1 Å². The third-order valence-electron chi connectivity index (χ3n) is 3.20. The van der Waals surface area contributed by atoms with Crippen molar-refractivity contribution in [2.24, 2.45) is 0 Å². The summed E-state index contributed by atoms with van der Waals surface area (Å²) in [5.74, 6) is 1.34. The van der Waals surface area contributed by atoms with Crippen LogP contribution in [0.4, 0.5) is 5.13 Å². The Morgan fingerprint density at radius 1 is 1.36 bits per heavy atom. The molecule has 1 aromatic heterocycles. The van der Waals surface area contributed by atoms with Crippen molar-refractivity contribution >= 4 is 48.3 Å². The molecule has 1 fully saturated rings. The van der Waals surface area contributed by atoms with E-state index in [4.69, 9.17) is 0 Å². The molecule has 2 rings (SSSR count). The molecule has 0 radical (unpaired) electrons. The maximum absolute atomic E-state index is 12.1. The SMILES string of the molecule is CN(c1nccs1)S(=O)(=O)CCCS(=O)(=O)NC1CCSC1. The van der Waals surface area contributed by atoms with Gasteiger partial charge in [-0.15, -0.1) is 11.3 Å². The number of nitrogens with one attached hydrogen (secondary N) is 1. The zero-order valence-corrected chi connectivity index (χ0v) is 15.4. The fourth-order valence-electron chi connectivity index (χ4n) is 2.00. The summed E-state index contributed by atoms with van der Waals surface area (Å²) in [7, 11) is -5.55. The van der Waals surface area contributed by atoms with Crippen molar-refractivity contribution in [1.82, 2.24) is 9.71 Å². The summed E-state index contributed by atoms with van der Waals surface area (Å²) in [6, 6.07) is -0.0235. The van der Waals surface area contributed by atoms with E-state index in [0.29, 0.717) is 5.13 Å². The van der Waals surface area contributed by atoms with Gasteiger partial charge in [-0.2, -0.15) is 11.8 Å². The van der Waals surface area contributed by atoms with E-state index in [-0.39, 0.29) is 24.0 Å². The van der Waals surface area contributed by atoms with E-state index in [0.717, 1.165) is 22.2 Å². The first-order valence-electron chi connectivity index (χ1n) is 6.74. The zero-order chi connectivity index (χ0) is 16.2. The number of thioether (sulfide) groups is 1. The first kappa shape index (κ1) is 18.0. The molecule has 1 unspecified atom stereocenters. The number of hydrogen-bond acceptors (Lipinski definition) is 7. The van der Waals surface area contributed by atoms with E-state index >= 15 is 0 Å². The number of sulfonamides is 2. The maximum Gasteiger partial charge on any atom is 0.236 e. The van der Waals surface area contributed by atoms with E-state index in [9.17, 15) is 16.8 Å². The molecule has 0 bridgehead atoms. The van der Waals surface area contributed by atoms with Gasteiger partial charge in [-0.05, 0) is 18.6 Å². The van der Waals surface area contributed by atoms with Crippen LogP contribution in [0.3, 0.4) is 0 Å². The summed E-state index contributed by atoms with van der Waals surface area (Å²) >= 11 is 2.94. The minimum absolute atomic E-state index is 0.0235. The van der Waals surface area contributed by atoms with Gasteiger partial charge >= 0.3 is 0 Å². The Morgan fingerprint density at radius 2 is 2.14 bits per heavy atom. The van der Waals surface area contributed by atoms with Crippen LogP contribution in [0.5, 0.6) is 0 Å². The number of nitrogens with zero attached hydrogens (tertiary/aromatic N) is 2. The lowest BCUT2D eigenvalue weighted by molar-refractivity contribution is 0.561. The monoisotopic (exact) mass is 385 g/mol. The molecule has 1 aromatic rings. The van der Waals surface area contributed by atoms with Gasteiger partial charge in [0.05, 0.1) is 11.5 Å².